The fourth-order valence-corrected chi connectivity index (χ4v) is 1.45. The SMILES string of the molecule is CC(CN)c1nc(Cc2ccccc2F)no1. The molecular weight excluding hydrogens is 221 g/mol. The van der Waals surface area contributed by atoms with E-state index in [1.807, 2.05) is 6.92 Å². The lowest BCUT2D eigenvalue weighted by molar-refractivity contribution is 0.357. The summed E-state index contributed by atoms with van der Waals surface area (Å²) in [5, 5.41) is 3.81. The zero-order valence-electron chi connectivity index (χ0n) is 9.56. The third kappa shape index (κ3) is 2.68. The quantitative estimate of drug-likeness (QED) is 0.878. The average Bonchev–Trinajstić information content (AvgIpc) is 2.80. The van der Waals surface area contributed by atoms with Gasteiger partial charge in [-0.3, -0.25) is 0 Å². The zero-order valence-corrected chi connectivity index (χ0v) is 9.56. The van der Waals surface area contributed by atoms with Crippen LogP contribution in [0.3, 0.4) is 0 Å². The smallest absolute Gasteiger partial charge is 0.230 e. The molecule has 1 aromatic heterocycles. The number of nitrogens with two attached hydrogens (primary N) is 1. The molecule has 2 rings (SSSR count). The van der Waals surface area contributed by atoms with Crippen LogP contribution in [0.2, 0.25) is 0 Å². The summed E-state index contributed by atoms with van der Waals surface area (Å²) in [5.74, 6) is 0.742. The van der Waals surface area contributed by atoms with Crippen molar-refractivity contribution >= 4 is 0 Å². The van der Waals surface area contributed by atoms with Gasteiger partial charge in [0.2, 0.25) is 5.89 Å². The van der Waals surface area contributed by atoms with Gasteiger partial charge >= 0.3 is 0 Å². The molecule has 1 aromatic carbocycles. The number of aromatic nitrogens is 2. The van der Waals surface area contributed by atoms with Crippen LogP contribution >= 0.6 is 0 Å². The van der Waals surface area contributed by atoms with Crippen LogP contribution in [0, 0.1) is 5.82 Å². The van der Waals surface area contributed by atoms with Crippen LogP contribution in [0.25, 0.3) is 0 Å². The Labute approximate surface area is 98.6 Å². The fourth-order valence-electron chi connectivity index (χ4n) is 1.45. The topological polar surface area (TPSA) is 64.9 Å². The predicted octanol–water partition coefficient (Wildman–Crippen LogP) is 1.86. The molecule has 90 valence electrons. The van der Waals surface area contributed by atoms with Gasteiger partial charge in [0.1, 0.15) is 5.82 Å². The Hall–Kier alpha value is -1.75. The first-order valence-corrected chi connectivity index (χ1v) is 5.46. The molecule has 0 radical (unpaired) electrons. The van der Waals surface area contributed by atoms with E-state index in [9.17, 15) is 4.39 Å². The molecule has 0 spiro atoms. The van der Waals surface area contributed by atoms with E-state index in [1.54, 1.807) is 18.2 Å². The maximum Gasteiger partial charge on any atom is 0.230 e. The fraction of sp³-hybridized carbons (Fsp3) is 0.333. The van der Waals surface area contributed by atoms with E-state index in [-0.39, 0.29) is 11.7 Å². The van der Waals surface area contributed by atoms with Crippen molar-refractivity contribution < 1.29 is 8.91 Å². The van der Waals surface area contributed by atoms with E-state index in [0.29, 0.717) is 30.2 Å². The summed E-state index contributed by atoms with van der Waals surface area (Å²) in [7, 11) is 0. The van der Waals surface area contributed by atoms with Gasteiger partial charge in [-0.05, 0) is 11.6 Å². The maximum absolute atomic E-state index is 13.4. The van der Waals surface area contributed by atoms with Crippen LogP contribution in [-0.2, 0) is 6.42 Å². The Morgan fingerprint density at radius 2 is 2.18 bits per heavy atom. The minimum atomic E-state index is -0.259. The molecule has 1 unspecified atom stereocenters. The van der Waals surface area contributed by atoms with Gasteiger partial charge in [0, 0.05) is 18.9 Å². The molecule has 0 saturated heterocycles. The first-order chi connectivity index (χ1) is 8.20. The monoisotopic (exact) mass is 235 g/mol. The first-order valence-electron chi connectivity index (χ1n) is 5.46. The van der Waals surface area contributed by atoms with Crippen LogP contribution in [0.1, 0.15) is 30.1 Å². The van der Waals surface area contributed by atoms with Gasteiger partial charge in [-0.2, -0.15) is 4.98 Å². The molecule has 5 heteroatoms. The van der Waals surface area contributed by atoms with Crippen molar-refractivity contribution in [1.82, 2.24) is 10.1 Å². The Balaban J connectivity index is 2.14. The number of rotatable bonds is 4. The standard InChI is InChI=1S/C12H14FN3O/c1-8(7-14)12-15-11(16-17-12)6-9-4-2-3-5-10(9)13/h2-5,8H,6-7,14H2,1H3. The van der Waals surface area contributed by atoms with Gasteiger partial charge in [0.15, 0.2) is 5.82 Å². The number of benzene rings is 1. The molecule has 2 aromatic rings. The third-order valence-corrected chi connectivity index (χ3v) is 2.57. The van der Waals surface area contributed by atoms with Crippen LogP contribution in [0.4, 0.5) is 4.39 Å². The second-order valence-electron chi connectivity index (χ2n) is 3.95. The van der Waals surface area contributed by atoms with Crippen molar-refractivity contribution in [2.75, 3.05) is 6.54 Å². The molecule has 1 atom stereocenters. The molecule has 0 aliphatic rings. The Kier molecular flexibility index (Phi) is 3.49. The highest BCUT2D eigenvalue weighted by molar-refractivity contribution is 5.20. The van der Waals surface area contributed by atoms with Gasteiger partial charge in [0.25, 0.3) is 0 Å². The molecule has 0 amide bonds. The second kappa shape index (κ2) is 5.05. The third-order valence-electron chi connectivity index (χ3n) is 2.57. The van der Waals surface area contributed by atoms with Crippen molar-refractivity contribution in [2.24, 2.45) is 5.73 Å². The summed E-state index contributed by atoms with van der Waals surface area (Å²) in [6.45, 7) is 2.35. The molecule has 4 nitrogen and oxygen atoms in total. The van der Waals surface area contributed by atoms with Gasteiger partial charge in [-0.1, -0.05) is 30.3 Å². The lowest BCUT2D eigenvalue weighted by Crippen LogP contribution is -2.09. The van der Waals surface area contributed by atoms with Crippen LogP contribution in [0.5, 0.6) is 0 Å². The lowest BCUT2D eigenvalue weighted by atomic mass is 10.1. The van der Waals surface area contributed by atoms with Gasteiger partial charge in [-0.25, -0.2) is 4.39 Å². The second-order valence-corrected chi connectivity index (χ2v) is 3.95. The first kappa shape index (κ1) is 11.7. The number of hydrogen-bond donors (Lipinski definition) is 1. The van der Waals surface area contributed by atoms with Crippen LogP contribution < -0.4 is 5.73 Å². The molecule has 0 saturated carbocycles. The minimum absolute atomic E-state index is 0.0249. The molecule has 1 heterocycles. The summed E-state index contributed by atoms with van der Waals surface area (Å²) >= 11 is 0. The minimum Gasteiger partial charge on any atom is -0.339 e. The lowest BCUT2D eigenvalue weighted by Gasteiger charge is -1.99. The molecule has 0 aliphatic carbocycles. The van der Waals surface area contributed by atoms with Crippen molar-refractivity contribution in [3.63, 3.8) is 0 Å². The highest BCUT2D eigenvalue weighted by atomic mass is 19.1. The summed E-state index contributed by atoms with van der Waals surface area (Å²) in [6.07, 6.45) is 0.327. The Morgan fingerprint density at radius 1 is 1.41 bits per heavy atom. The highest BCUT2D eigenvalue weighted by Gasteiger charge is 2.13. The summed E-state index contributed by atoms with van der Waals surface area (Å²) in [6, 6.07) is 6.55. The molecule has 0 bridgehead atoms. The van der Waals surface area contributed by atoms with Gasteiger partial charge in [-0.15, -0.1) is 0 Å². The zero-order chi connectivity index (χ0) is 12.3. The molecule has 0 aliphatic heterocycles. The largest absolute Gasteiger partial charge is 0.339 e. The van der Waals surface area contributed by atoms with Crippen LogP contribution in [0.15, 0.2) is 28.8 Å². The van der Waals surface area contributed by atoms with E-state index < -0.39 is 0 Å². The summed E-state index contributed by atoms with van der Waals surface area (Å²) < 4.78 is 18.5. The highest BCUT2D eigenvalue weighted by Crippen LogP contribution is 2.14. The van der Waals surface area contributed by atoms with Gasteiger partial charge < -0.3 is 10.3 Å². The molecule has 2 N–H and O–H groups in total. The van der Waals surface area contributed by atoms with E-state index in [4.69, 9.17) is 10.3 Å². The van der Waals surface area contributed by atoms with Crippen LogP contribution in [-0.4, -0.2) is 16.7 Å². The Bertz CT molecular complexity index is 498. The van der Waals surface area contributed by atoms with Crippen molar-refractivity contribution in [2.45, 2.75) is 19.3 Å². The van der Waals surface area contributed by atoms with Crippen molar-refractivity contribution in [3.8, 4) is 0 Å². The number of halogens is 1. The van der Waals surface area contributed by atoms with E-state index >= 15 is 0 Å². The Morgan fingerprint density at radius 3 is 2.88 bits per heavy atom. The van der Waals surface area contributed by atoms with E-state index in [0.717, 1.165) is 0 Å². The summed E-state index contributed by atoms with van der Waals surface area (Å²) in [5.41, 5.74) is 6.06. The normalized spacial score (nSPS) is 12.6. The summed E-state index contributed by atoms with van der Waals surface area (Å²) in [4.78, 5) is 4.19. The number of hydrogen-bond acceptors (Lipinski definition) is 4. The molecule has 0 fully saturated rings. The van der Waals surface area contributed by atoms with Crippen molar-refractivity contribution in [3.05, 3.63) is 47.4 Å². The van der Waals surface area contributed by atoms with Gasteiger partial charge in [0.05, 0.1) is 0 Å². The average molecular weight is 235 g/mol. The van der Waals surface area contributed by atoms with E-state index in [2.05, 4.69) is 10.1 Å². The molecule has 17 heavy (non-hydrogen) atoms. The number of nitrogens with zero attached hydrogens (tertiary/aromatic N) is 2. The molecular formula is C12H14FN3O. The van der Waals surface area contributed by atoms with E-state index in [1.165, 1.54) is 6.07 Å². The maximum atomic E-state index is 13.4. The predicted molar refractivity (Wildman–Crippen MR) is 61.0 cm³/mol. The van der Waals surface area contributed by atoms with Crippen molar-refractivity contribution in [1.29, 1.82) is 0 Å².